The summed E-state index contributed by atoms with van der Waals surface area (Å²) in [6.07, 6.45) is 6.23. The molecule has 2 rings (SSSR count). The maximum Gasteiger partial charge on any atom is 0.254 e. The molecule has 0 saturated carbocycles. The van der Waals surface area contributed by atoms with Gasteiger partial charge < -0.3 is 4.90 Å². The lowest BCUT2D eigenvalue weighted by Crippen LogP contribution is -2.32. The van der Waals surface area contributed by atoms with Crippen molar-refractivity contribution in [1.82, 2.24) is 4.90 Å². The summed E-state index contributed by atoms with van der Waals surface area (Å²) in [5, 5.41) is 2.21. The standard InChI is InChI=1S/C17H17NO/c1-3-11-18(12-4-2)17(19)16-10-9-14-7-5-6-8-15(14)13-16/h1,5-10,13H,4,11-12H2,2H3. The highest BCUT2D eigenvalue weighted by Gasteiger charge is 2.14. The molecule has 0 N–H and O–H groups in total. The van der Waals surface area contributed by atoms with E-state index in [1.807, 2.05) is 49.4 Å². The van der Waals surface area contributed by atoms with Crippen LogP contribution in [0.1, 0.15) is 23.7 Å². The van der Waals surface area contributed by atoms with Gasteiger partial charge in [0.1, 0.15) is 0 Å². The van der Waals surface area contributed by atoms with Crippen LogP contribution in [0, 0.1) is 12.3 Å². The molecule has 2 heteroatoms. The molecule has 0 atom stereocenters. The van der Waals surface area contributed by atoms with Gasteiger partial charge in [0.2, 0.25) is 0 Å². The second-order valence-electron chi connectivity index (χ2n) is 4.49. The lowest BCUT2D eigenvalue weighted by Gasteiger charge is -2.19. The van der Waals surface area contributed by atoms with Crippen LogP contribution in [0.4, 0.5) is 0 Å². The Morgan fingerprint density at radius 3 is 2.63 bits per heavy atom. The molecule has 1 amide bonds. The predicted octanol–water partition coefficient (Wildman–Crippen LogP) is 3.33. The van der Waals surface area contributed by atoms with Gasteiger partial charge in [-0.2, -0.15) is 0 Å². The van der Waals surface area contributed by atoms with Crippen molar-refractivity contribution in [2.24, 2.45) is 0 Å². The molecule has 0 aliphatic rings. The number of carbonyl (C=O) groups excluding carboxylic acids is 1. The molecule has 2 aromatic carbocycles. The third-order valence-electron chi connectivity index (χ3n) is 3.06. The zero-order chi connectivity index (χ0) is 13.7. The van der Waals surface area contributed by atoms with Crippen LogP contribution in [0.25, 0.3) is 10.8 Å². The fourth-order valence-corrected chi connectivity index (χ4v) is 2.14. The van der Waals surface area contributed by atoms with Gasteiger partial charge in [-0.05, 0) is 29.3 Å². The highest BCUT2D eigenvalue weighted by atomic mass is 16.2. The summed E-state index contributed by atoms with van der Waals surface area (Å²) in [4.78, 5) is 14.1. The molecule has 0 aliphatic heterocycles. The molecule has 0 saturated heterocycles. The van der Waals surface area contributed by atoms with Crippen molar-refractivity contribution in [3.63, 3.8) is 0 Å². The molecule has 0 spiro atoms. The molecule has 2 nitrogen and oxygen atoms in total. The van der Waals surface area contributed by atoms with Gasteiger partial charge >= 0.3 is 0 Å². The highest BCUT2D eigenvalue weighted by molar-refractivity contribution is 5.98. The number of nitrogens with zero attached hydrogens (tertiary/aromatic N) is 1. The van der Waals surface area contributed by atoms with Crippen LogP contribution in [-0.4, -0.2) is 23.9 Å². The quantitative estimate of drug-likeness (QED) is 0.763. The van der Waals surface area contributed by atoms with E-state index in [-0.39, 0.29) is 5.91 Å². The van der Waals surface area contributed by atoms with Crippen LogP contribution in [0.5, 0.6) is 0 Å². The average Bonchev–Trinajstić information content (AvgIpc) is 2.46. The first-order valence-corrected chi connectivity index (χ1v) is 6.47. The zero-order valence-corrected chi connectivity index (χ0v) is 11.1. The number of carbonyl (C=O) groups is 1. The van der Waals surface area contributed by atoms with Crippen LogP contribution < -0.4 is 0 Å². The maximum absolute atomic E-state index is 12.4. The van der Waals surface area contributed by atoms with Crippen molar-refractivity contribution >= 4 is 16.7 Å². The van der Waals surface area contributed by atoms with E-state index in [2.05, 4.69) is 5.92 Å². The molecule has 96 valence electrons. The van der Waals surface area contributed by atoms with Crippen LogP contribution in [0.15, 0.2) is 42.5 Å². The topological polar surface area (TPSA) is 20.3 Å². The SMILES string of the molecule is C#CCN(CCC)C(=O)c1ccc2ccccc2c1. The number of fused-ring (bicyclic) bond motifs is 1. The number of rotatable bonds is 4. The van der Waals surface area contributed by atoms with Crippen LogP contribution >= 0.6 is 0 Å². The van der Waals surface area contributed by atoms with E-state index in [1.54, 1.807) is 4.90 Å². The van der Waals surface area contributed by atoms with E-state index in [9.17, 15) is 4.79 Å². The summed E-state index contributed by atoms with van der Waals surface area (Å²) in [6.45, 7) is 3.09. The second kappa shape index (κ2) is 6.06. The molecule has 19 heavy (non-hydrogen) atoms. The summed E-state index contributed by atoms with van der Waals surface area (Å²) in [5.74, 6) is 2.55. The smallest absolute Gasteiger partial charge is 0.254 e. The predicted molar refractivity (Wildman–Crippen MR) is 79.0 cm³/mol. The first-order valence-electron chi connectivity index (χ1n) is 6.47. The van der Waals surface area contributed by atoms with E-state index in [4.69, 9.17) is 6.42 Å². The molecule has 0 bridgehead atoms. The van der Waals surface area contributed by atoms with Crippen molar-refractivity contribution in [2.75, 3.05) is 13.1 Å². The number of benzene rings is 2. The van der Waals surface area contributed by atoms with E-state index in [0.717, 1.165) is 17.2 Å². The minimum atomic E-state index is 0.00514. The third kappa shape index (κ3) is 2.95. The second-order valence-corrected chi connectivity index (χ2v) is 4.49. The van der Waals surface area contributed by atoms with Crippen LogP contribution in [0.3, 0.4) is 0 Å². The van der Waals surface area contributed by atoms with Gasteiger partial charge in [-0.3, -0.25) is 4.79 Å². The summed E-state index contributed by atoms with van der Waals surface area (Å²) in [5.41, 5.74) is 0.697. The van der Waals surface area contributed by atoms with Gasteiger partial charge in [0, 0.05) is 12.1 Å². The lowest BCUT2D eigenvalue weighted by atomic mass is 10.1. The monoisotopic (exact) mass is 251 g/mol. The van der Waals surface area contributed by atoms with Gasteiger partial charge in [-0.1, -0.05) is 43.2 Å². The van der Waals surface area contributed by atoms with Crippen LogP contribution in [-0.2, 0) is 0 Å². The fraction of sp³-hybridized carbons (Fsp3) is 0.235. The molecule has 0 unspecified atom stereocenters. The highest BCUT2D eigenvalue weighted by Crippen LogP contribution is 2.17. The van der Waals surface area contributed by atoms with E-state index >= 15 is 0 Å². The molecule has 2 aromatic rings. The van der Waals surface area contributed by atoms with Gasteiger partial charge in [0.05, 0.1) is 6.54 Å². The van der Waals surface area contributed by atoms with Gasteiger partial charge in [-0.25, -0.2) is 0 Å². The Bertz CT molecular complexity index is 624. The Balaban J connectivity index is 2.32. The summed E-state index contributed by atoms with van der Waals surface area (Å²) >= 11 is 0. The largest absolute Gasteiger partial charge is 0.328 e. The summed E-state index contributed by atoms with van der Waals surface area (Å²) in [6, 6.07) is 13.8. The first kappa shape index (κ1) is 13.2. The van der Waals surface area contributed by atoms with Gasteiger partial charge in [0.15, 0.2) is 0 Å². The van der Waals surface area contributed by atoms with Crippen molar-refractivity contribution in [1.29, 1.82) is 0 Å². The molecular formula is C17H17NO. The van der Waals surface area contributed by atoms with Gasteiger partial charge in [-0.15, -0.1) is 6.42 Å². The molecule has 0 radical (unpaired) electrons. The minimum absolute atomic E-state index is 0.00514. The van der Waals surface area contributed by atoms with Crippen molar-refractivity contribution in [3.8, 4) is 12.3 Å². The number of hydrogen-bond donors (Lipinski definition) is 0. The van der Waals surface area contributed by atoms with Crippen molar-refractivity contribution in [3.05, 3.63) is 48.0 Å². The minimum Gasteiger partial charge on any atom is -0.328 e. The molecule has 0 aromatic heterocycles. The van der Waals surface area contributed by atoms with Crippen LogP contribution in [0.2, 0.25) is 0 Å². The van der Waals surface area contributed by atoms with E-state index < -0.39 is 0 Å². The number of terminal acetylenes is 1. The average molecular weight is 251 g/mol. The zero-order valence-electron chi connectivity index (χ0n) is 11.1. The molecule has 0 aliphatic carbocycles. The lowest BCUT2D eigenvalue weighted by molar-refractivity contribution is 0.0777. The Labute approximate surface area is 114 Å². The Hall–Kier alpha value is -2.27. The third-order valence-corrected chi connectivity index (χ3v) is 3.06. The molecular weight excluding hydrogens is 234 g/mol. The molecule has 0 heterocycles. The Morgan fingerprint density at radius 2 is 1.95 bits per heavy atom. The Kier molecular flexibility index (Phi) is 4.20. The van der Waals surface area contributed by atoms with E-state index in [1.165, 1.54) is 0 Å². The number of amides is 1. The van der Waals surface area contributed by atoms with E-state index in [0.29, 0.717) is 18.7 Å². The first-order chi connectivity index (χ1) is 9.26. The fourth-order valence-electron chi connectivity index (χ4n) is 2.14. The van der Waals surface area contributed by atoms with Crippen molar-refractivity contribution in [2.45, 2.75) is 13.3 Å². The molecule has 0 fully saturated rings. The Morgan fingerprint density at radius 1 is 1.21 bits per heavy atom. The van der Waals surface area contributed by atoms with Gasteiger partial charge in [0.25, 0.3) is 5.91 Å². The van der Waals surface area contributed by atoms with Crippen molar-refractivity contribution < 1.29 is 4.79 Å². The number of hydrogen-bond acceptors (Lipinski definition) is 1. The summed E-state index contributed by atoms with van der Waals surface area (Å²) < 4.78 is 0. The normalized spacial score (nSPS) is 10.1. The maximum atomic E-state index is 12.4. The summed E-state index contributed by atoms with van der Waals surface area (Å²) in [7, 11) is 0.